The van der Waals surface area contributed by atoms with E-state index in [1.54, 1.807) is 17.0 Å². The molecule has 0 atom stereocenters. The average molecular weight is 322 g/mol. The molecule has 0 radical (unpaired) electrons. The number of likely N-dealkylation sites (N-methyl/N-ethyl adjacent to an activating group) is 1. The quantitative estimate of drug-likeness (QED) is 0.848. The van der Waals surface area contributed by atoms with Gasteiger partial charge in [0.2, 0.25) is 12.8 Å². The van der Waals surface area contributed by atoms with Gasteiger partial charge < -0.3 is 14.4 Å². The number of piperidine rings is 1. The summed E-state index contributed by atoms with van der Waals surface area (Å²) >= 11 is 0. The lowest BCUT2D eigenvalue weighted by Gasteiger charge is -2.46. The smallest absolute Gasteiger partial charge is 0.248 e. The molecule has 2 fully saturated rings. The Morgan fingerprint density at radius 2 is 1.96 bits per heavy atom. The topological polar surface area (TPSA) is 42.0 Å². The molecule has 1 spiro atoms. The molecular weight excluding hydrogens is 299 g/mol. The number of morpholine rings is 1. The zero-order valence-corrected chi connectivity index (χ0v) is 13.5. The second kappa shape index (κ2) is 6.84. The first-order valence-electron chi connectivity index (χ1n) is 7.98. The lowest BCUT2D eigenvalue weighted by atomic mass is 9.89. The number of hydrogen-bond donors (Lipinski definition) is 0. The summed E-state index contributed by atoms with van der Waals surface area (Å²) in [4.78, 5) is 15.7. The summed E-state index contributed by atoms with van der Waals surface area (Å²) in [5.41, 5.74) is 1.02. The number of likely N-dealkylation sites (tertiary alicyclic amines) is 1. The fraction of sp³-hybridized carbons (Fsp3) is 0.588. The number of amides is 1. The summed E-state index contributed by atoms with van der Waals surface area (Å²) < 4.78 is 22.8. The molecular formula is C17H23FN2O3. The van der Waals surface area contributed by atoms with Gasteiger partial charge in [-0.3, -0.25) is 9.69 Å². The van der Waals surface area contributed by atoms with E-state index < -0.39 is 6.86 Å². The third-order valence-electron chi connectivity index (χ3n) is 4.77. The lowest BCUT2D eigenvalue weighted by Crippen LogP contribution is -2.57. The van der Waals surface area contributed by atoms with Crippen molar-refractivity contribution in [1.29, 1.82) is 0 Å². The number of alkyl halides is 1. The SMILES string of the molecule is CN1CC2(CCN(Cc3ccc(OCF)cc3)CC2)OCC1=O. The minimum absolute atomic E-state index is 0.0636. The Bertz CT molecular complexity index is 541. The van der Waals surface area contributed by atoms with Gasteiger partial charge in [0.15, 0.2) is 0 Å². The van der Waals surface area contributed by atoms with Crippen molar-refractivity contribution in [2.45, 2.75) is 25.0 Å². The fourth-order valence-electron chi connectivity index (χ4n) is 3.32. The van der Waals surface area contributed by atoms with Gasteiger partial charge in [-0.25, -0.2) is 4.39 Å². The minimum Gasteiger partial charge on any atom is -0.463 e. The van der Waals surface area contributed by atoms with Crippen LogP contribution in [0.3, 0.4) is 0 Å². The van der Waals surface area contributed by atoms with E-state index >= 15 is 0 Å². The normalized spacial score (nSPS) is 21.7. The highest BCUT2D eigenvalue weighted by molar-refractivity contribution is 5.78. The first-order chi connectivity index (χ1) is 11.1. The van der Waals surface area contributed by atoms with Gasteiger partial charge in [0, 0.05) is 33.2 Å². The Morgan fingerprint density at radius 1 is 1.26 bits per heavy atom. The maximum absolute atomic E-state index is 12.1. The van der Waals surface area contributed by atoms with Gasteiger partial charge in [-0.1, -0.05) is 12.1 Å². The summed E-state index contributed by atoms with van der Waals surface area (Å²) in [6, 6.07) is 7.54. The molecule has 3 rings (SSSR count). The van der Waals surface area contributed by atoms with Crippen molar-refractivity contribution in [2.75, 3.05) is 40.1 Å². The van der Waals surface area contributed by atoms with E-state index in [0.29, 0.717) is 12.3 Å². The van der Waals surface area contributed by atoms with Crippen molar-refractivity contribution in [2.24, 2.45) is 0 Å². The number of ether oxygens (including phenoxy) is 2. The number of nitrogens with zero attached hydrogens (tertiary/aromatic N) is 2. The Morgan fingerprint density at radius 3 is 2.57 bits per heavy atom. The van der Waals surface area contributed by atoms with Crippen molar-refractivity contribution in [3.05, 3.63) is 29.8 Å². The maximum atomic E-state index is 12.1. The second-order valence-electron chi connectivity index (χ2n) is 6.40. The highest BCUT2D eigenvalue weighted by Crippen LogP contribution is 2.30. The molecule has 6 heteroatoms. The van der Waals surface area contributed by atoms with Crippen LogP contribution in [0.4, 0.5) is 4.39 Å². The maximum Gasteiger partial charge on any atom is 0.248 e. The fourth-order valence-corrected chi connectivity index (χ4v) is 3.32. The molecule has 0 aliphatic carbocycles. The zero-order valence-electron chi connectivity index (χ0n) is 13.5. The van der Waals surface area contributed by atoms with E-state index in [2.05, 4.69) is 4.90 Å². The number of carbonyl (C=O) groups is 1. The molecule has 0 N–H and O–H groups in total. The molecule has 0 saturated carbocycles. The van der Waals surface area contributed by atoms with E-state index in [0.717, 1.165) is 32.5 Å². The van der Waals surface area contributed by atoms with Crippen molar-refractivity contribution < 1.29 is 18.7 Å². The Hall–Kier alpha value is -1.66. The van der Waals surface area contributed by atoms with Crippen molar-refractivity contribution in [3.8, 4) is 5.75 Å². The molecule has 2 saturated heterocycles. The van der Waals surface area contributed by atoms with Gasteiger partial charge in [-0.2, -0.15) is 0 Å². The molecule has 0 aromatic heterocycles. The predicted molar refractivity (Wildman–Crippen MR) is 83.9 cm³/mol. The molecule has 5 nitrogen and oxygen atoms in total. The van der Waals surface area contributed by atoms with Gasteiger partial charge in [-0.15, -0.1) is 0 Å². The number of hydrogen-bond acceptors (Lipinski definition) is 4. The third kappa shape index (κ3) is 3.82. The van der Waals surface area contributed by atoms with E-state index in [1.807, 2.05) is 19.2 Å². The molecule has 1 aromatic carbocycles. The summed E-state index contributed by atoms with van der Waals surface area (Å²) in [6.07, 6.45) is 1.88. The van der Waals surface area contributed by atoms with Crippen LogP contribution in [-0.4, -0.2) is 61.5 Å². The van der Waals surface area contributed by atoms with E-state index in [-0.39, 0.29) is 18.1 Å². The van der Waals surface area contributed by atoms with Gasteiger partial charge >= 0.3 is 0 Å². The van der Waals surface area contributed by atoms with Crippen LogP contribution in [-0.2, 0) is 16.1 Å². The van der Waals surface area contributed by atoms with Gasteiger partial charge in [0.25, 0.3) is 0 Å². The average Bonchev–Trinajstić information content (AvgIpc) is 2.56. The Labute approximate surface area is 136 Å². The third-order valence-corrected chi connectivity index (χ3v) is 4.77. The molecule has 126 valence electrons. The zero-order chi connectivity index (χ0) is 16.3. The second-order valence-corrected chi connectivity index (χ2v) is 6.40. The van der Waals surface area contributed by atoms with E-state index in [1.165, 1.54) is 5.56 Å². The number of carbonyl (C=O) groups excluding carboxylic acids is 1. The summed E-state index contributed by atoms with van der Waals surface area (Å²) in [6.45, 7) is 2.85. The first-order valence-corrected chi connectivity index (χ1v) is 7.98. The molecule has 2 aliphatic heterocycles. The molecule has 1 aromatic rings. The largest absolute Gasteiger partial charge is 0.463 e. The summed E-state index contributed by atoms with van der Waals surface area (Å²) in [5.74, 6) is 0.616. The molecule has 1 amide bonds. The first kappa shape index (κ1) is 16.2. The van der Waals surface area contributed by atoms with Crippen LogP contribution in [0.2, 0.25) is 0 Å². The number of benzene rings is 1. The number of rotatable bonds is 4. The van der Waals surface area contributed by atoms with Gasteiger partial charge in [0.1, 0.15) is 12.4 Å². The van der Waals surface area contributed by atoms with Crippen LogP contribution in [0.1, 0.15) is 18.4 Å². The van der Waals surface area contributed by atoms with Gasteiger partial charge in [-0.05, 0) is 30.5 Å². The summed E-state index contributed by atoms with van der Waals surface area (Å²) in [5, 5.41) is 0. The summed E-state index contributed by atoms with van der Waals surface area (Å²) in [7, 11) is 1.85. The molecule has 0 bridgehead atoms. The molecule has 2 aliphatic rings. The van der Waals surface area contributed by atoms with Crippen molar-refractivity contribution in [1.82, 2.24) is 9.80 Å². The van der Waals surface area contributed by atoms with E-state index in [4.69, 9.17) is 9.47 Å². The molecule has 2 heterocycles. The highest BCUT2D eigenvalue weighted by Gasteiger charge is 2.40. The van der Waals surface area contributed by atoms with Crippen LogP contribution in [0.5, 0.6) is 5.75 Å². The van der Waals surface area contributed by atoms with Crippen LogP contribution in [0.15, 0.2) is 24.3 Å². The van der Waals surface area contributed by atoms with Crippen molar-refractivity contribution in [3.63, 3.8) is 0 Å². The van der Waals surface area contributed by atoms with Crippen LogP contribution < -0.4 is 4.74 Å². The van der Waals surface area contributed by atoms with Crippen LogP contribution >= 0.6 is 0 Å². The molecule has 23 heavy (non-hydrogen) atoms. The van der Waals surface area contributed by atoms with Crippen molar-refractivity contribution >= 4 is 5.91 Å². The van der Waals surface area contributed by atoms with Crippen LogP contribution in [0, 0.1) is 0 Å². The monoisotopic (exact) mass is 322 g/mol. The standard InChI is InChI=1S/C17H23FN2O3/c1-19-12-17(23-11-16(19)21)6-8-20(9-7-17)10-14-2-4-15(5-3-14)22-13-18/h2-5H,6-13H2,1H3. The minimum atomic E-state index is -0.801. The van der Waals surface area contributed by atoms with Gasteiger partial charge in [0.05, 0.1) is 5.60 Å². The lowest BCUT2D eigenvalue weighted by molar-refractivity contribution is -0.169. The van der Waals surface area contributed by atoms with E-state index in [9.17, 15) is 9.18 Å². The van der Waals surface area contributed by atoms with Crippen LogP contribution in [0.25, 0.3) is 0 Å². The Balaban J connectivity index is 1.52. The number of halogens is 1. The Kier molecular flexibility index (Phi) is 4.82. The molecule has 0 unspecified atom stereocenters. The highest BCUT2D eigenvalue weighted by atomic mass is 19.1. The predicted octanol–water partition coefficient (Wildman–Crippen LogP) is 1.82.